The highest BCUT2D eigenvalue weighted by atomic mass is 35.5. The summed E-state index contributed by atoms with van der Waals surface area (Å²) in [5.74, 6) is 0.978. The number of halogens is 2. The monoisotopic (exact) mass is 477 g/mol. The lowest BCUT2D eigenvalue weighted by atomic mass is 9.78. The maximum atomic E-state index is 6.43. The highest BCUT2D eigenvalue weighted by molar-refractivity contribution is 6.35. The molecule has 2 heterocycles. The number of nitrogens with zero attached hydrogens (tertiary/aromatic N) is 5. The number of allylic oxidation sites excluding steroid dienone is 1. The van der Waals surface area contributed by atoms with Crippen molar-refractivity contribution in [3.8, 4) is 0 Å². The molecule has 32 heavy (non-hydrogen) atoms. The first-order chi connectivity index (χ1) is 15.3. The van der Waals surface area contributed by atoms with Crippen molar-refractivity contribution in [2.24, 2.45) is 5.41 Å². The molecule has 4 rings (SSSR count). The van der Waals surface area contributed by atoms with E-state index >= 15 is 0 Å². The molecule has 1 aromatic heterocycles. The van der Waals surface area contributed by atoms with Crippen LogP contribution >= 0.6 is 23.2 Å². The topological polar surface area (TPSA) is 56.1 Å². The molecule has 1 aliphatic heterocycles. The predicted molar refractivity (Wildman–Crippen MR) is 129 cm³/mol. The number of aromatic nitrogens is 4. The van der Waals surface area contributed by atoms with Crippen LogP contribution in [-0.4, -0.2) is 51.4 Å². The maximum absolute atomic E-state index is 6.43. The summed E-state index contributed by atoms with van der Waals surface area (Å²) in [6.07, 6.45) is 10.0. The zero-order chi connectivity index (χ0) is 22.8. The Morgan fingerprint density at radius 2 is 1.81 bits per heavy atom. The summed E-state index contributed by atoms with van der Waals surface area (Å²) < 4.78 is 7.72. The Balaban J connectivity index is 1.74. The molecule has 0 bridgehead atoms. The van der Waals surface area contributed by atoms with Crippen LogP contribution in [0.5, 0.6) is 0 Å². The van der Waals surface area contributed by atoms with E-state index in [0.717, 1.165) is 50.5 Å². The van der Waals surface area contributed by atoms with E-state index in [2.05, 4.69) is 58.0 Å². The van der Waals surface area contributed by atoms with E-state index in [1.807, 2.05) is 12.1 Å². The second kappa shape index (κ2) is 9.80. The van der Waals surface area contributed by atoms with Crippen LogP contribution in [0.4, 0.5) is 0 Å². The van der Waals surface area contributed by atoms with Gasteiger partial charge in [0.2, 0.25) is 0 Å². The Kier molecular flexibility index (Phi) is 7.25. The smallest absolute Gasteiger partial charge is 0.172 e. The van der Waals surface area contributed by atoms with Crippen molar-refractivity contribution in [3.63, 3.8) is 0 Å². The average molecular weight is 478 g/mol. The van der Waals surface area contributed by atoms with Gasteiger partial charge in [-0.1, -0.05) is 81.5 Å². The molecular weight excluding hydrogens is 445 g/mol. The van der Waals surface area contributed by atoms with Gasteiger partial charge in [0.05, 0.1) is 24.8 Å². The van der Waals surface area contributed by atoms with Crippen molar-refractivity contribution in [2.75, 3.05) is 26.3 Å². The van der Waals surface area contributed by atoms with Crippen molar-refractivity contribution in [3.05, 3.63) is 45.7 Å². The molecule has 0 radical (unpaired) electrons. The maximum Gasteiger partial charge on any atom is 0.172 e. The van der Waals surface area contributed by atoms with E-state index < -0.39 is 0 Å². The first-order valence-electron chi connectivity index (χ1n) is 11.6. The van der Waals surface area contributed by atoms with Gasteiger partial charge in [-0.05, 0) is 46.4 Å². The van der Waals surface area contributed by atoms with E-state index in [-0.39, 0.29) is 17.0 Å². The van der Waals surface area contributed by atoms with Gasteiger partial charge in [0, 0.05) is 23.1 Å². The van der Waals surface area contributed by atoms with Crippen molar-refractivity contribution in [1.29, 1.82) is 0 Å². The predicted octanol–water partition coefficient (Wildman–Crippen LogP) is 5.77. The summed E-state index contributed by atoms with van der Waals surface area (Å²) in [7, 11) is 0. The summed E-state index contributed by atoms with van der Waals surface area (Å²) in [5, 5.41) is 14.6. The Hall–Kier alpha value is -1.47. The molecule has 2 aliphatic rings. The normalized spacial score (nSPS) is 21.2. The molecule has 0 amide bonds. The van der Waals surface area contributed by atoms with Crippen LogP contribution in [0.25, 0.3) is 6.08 Å². The highest BCUT2D eigenvalue weighted by Gasteiger charge is 2.45. The molecule has 8 heteroatoms. The second-order valence-electron chi connectivity index (χ2n) is 9.97. The molecular formula is C24H33Cl2N5O. The third kappa shape index (κ3) is 4.89. The number of morpholine rings is 1. The minimum absolute atomic E-state index is 0.0286. The lowest BCUT2D eigenvalue weighted by molar-refractivity contribution is -0.0470. The van der Waals surface area contributed by atoms with Gasteiger partial charge in [-0.2, -0.15) is 0 Å². The zero-order valence-electron chi connectivity index (χ0n) is 19.2. The van der Waals surface area contributed by atoms with Crippen LogP contribution in [0.3, 0.4) is 0 Å². The number of hydrogen-bond donors (Lipinski definition) is 0. The van der Waals surface area contributed by atoms with Gasteiger partial charge < -0.3 is 4.74 Å². The fourth-order valence-corrected chi connectivity index (χ4v) is 5.54. The molecule has 0 unspecified atom stereocenters. The third-order valence-corrected chi connectivity index (χ3v) is 7.34. The van der Waals surface area contributed by atoms with Crippen LogP contribution in [0.1, 0.15) is 70.3 Å². The summed E-state index contributed by atoms with van der Waals surface area (Å²) >= 11 is 12.5. The van der Waals surface area contributed by atoms with Crippen molar-refractivity contribution >= 4 is 29.3 Å². The number of hydrogen-bond acceptors (Lipinski definition) is 5. The van der Waals surface area contributed by atoms with E-state index in [0.29, 0.717) is 10.0 Å². The van der Waals surface area contributed by atoms with E-state index in [1.165, 1.54) is 19.3 Å². The Labute approximate surface area is 200 Å². The van der Waals surface area contributed by atoms with Gasteiger partial charge in [-0.25, -0.2) is 4.68 Å². The number of rotatable bonds is 5. The second-order valence-corrected chi connectivity index (χ2v) is 10.8. The number of ether oxygens (including phenoxy) is 1. The first kappa shape index (κ1) is 23.7. The highest BCUT2D eigenvalue weighted by Crippen LogP contribution is 2.44. The molecule has 1 saturated heterocycles. The molecule has 1 saturated carbocycles. The van der Waals surface area contributed by atoms with Gasteiger partial charge in [0.15, 0.2) is 5.82 Å². The summed E-state index contributed by atoms with van der Waals surface area (Å²) in [6, 6.07) is 5.54. The van der Waals surface area contributed by atoms with Gasteiger partial charge >= 0.3 is 0 Å². The van der Waals surface area contributed by atoms with Crippen molar-refractivity contribution < 1.29 is 4.74 Å². The summed E-state index contributed by atoms with van der Waals surface area (Å²) in [5.41, 5.74) is 0.696. The molecule has 2 fully saturated rings. The molecule has 2 aromatic rings. The minimum atomic E-state index is -0.138. The average Bonchev–Trinajstić information content (AvgIpc) is 3.25. The van der Waals surface area contributed by atoms with Crippen LogP contribution in [0.15, 0.2) is 24.3 Å². The van der Waals surface area contributed by atoms with Crippen LogP contribution in [0.2, 0.25) is 10.0 Å². The molecule has 174 valence electrons. The third-order valence-electron chi connectivity index (χ3n) is 6.78. The number of tetrazole rings is 1. The molecule has 0 N–H and O–H groups in total. The molecule has 0 spiro atoms. The lowest BCUT2D eigenvalue weighted by Gasteiger charge is -2.47. The van der Waals surface area contributed by atoms with E-state index in [1.54, 1.807) is 6.07 Å². The van der Waals surface area contributed by atoms with Gasteiger partial charge in [0.25, 0.3) is 0 Å². The van der Waals surface area contributed by atoms with E-state index in [9.17, 15) is 0 Å². The summed E-state index contributed by atoms with van der Waals surface area (Å²) in [6.45, 7) is 10.0. The largest absolute Gasteiger partial charge is 0.379 e. The minimum Gasteiger partial charge on any atom is -0.379 e. The quantitative estimate of drug-likeness (QED) is 0.546. The Bertz CT molecular complexity index is 940. The van der Waals surface area contributed by atoms with Crippen LogP contribution < -0.4 is 0 Å². The van der Waals surface area contributed by atoms with Crippen molar-refractivity contribution in [1.82, 2.24) is 25.1 Å². The zero-order valence-corrected chi connectivity index (χ0v) is 20.7. The number of benzene rings is 1. The molecule has 1 atom stereocenters. The van der Waals surface area contributed by atoms with Crippen LogP contribution in [0, 0.1) is 5.41 Å². The standard InChI is InChI=1S/C24H33Cl2N5O/c1-23(2,3)21(10-8-18-7-9-19(25)17-20(18)26)31-22(27-28-29-31)24(11-5-4-6-12-24)30-13-15-32-16-14-30/h7-10,17,21H,4-6,11-16H2,1-3H3/b10-8+/t21-/m1/s1. The van der Waals surface area contributed by atoms with Gasteiger partial charge in [-0.3, -0.25) is 4.90 Å². The molecule has 6 nitrogen and oxygen atoms in total. The SMILES string of the molecule is CC(C)(C)[C@@H](/C=C/c1ccc(Cl)cc1Cl)n1nnnc1C1(N2CCOCC2)CCCCC1. The fourth-order valence-electron chi connectivity index (χ4n) is 5.07. The van der Waals surface area contributed by atoms with Crippen LogP contribution in [-0.2, 0) is 10.3 Å². The fraction of sp³-hybridized carbons (Fsp3) is 0.625. The van der Waals surface area contributed by atoms with Gasteiger partial charge in [0.1, 0.15) is 0 Å². The molecule has 1 aliphatic carbocycles. The Morgan fingerprint density at radius 3 is 2.47 bits per heavy atom. The first-order valence-corrected chi connectivity index (χ1v) is 12.3. The van der Waals surface area contributed by atoms with Crippen molar-refractivity contribution in [2.45, 2.75) is 64.5 Å². The lowest BCUT2D eigenvalue weighted by Crippen LogP contribution is -2.54. The van der Waals surface area contributed by atoms with Gasteiger partial charge in [-0.15, -0.1) is 5.10 Å². The summed E-state index contributed by atoms with van der Waals surface area (Å²) in [4.78, 5) is 2.57. The van der Waals surface area contributed by atoms with E-state index in [4.69, 9.17) is 27.9 Å². The molecule has 1 aromatic carbocycles. The Morgan fingerprint density at radius 1 is 1.09 bits per heavy atom.